The second-order valence-electron chi connectivity index (χ2n) is 12.3. The van der Waals surface area contributed by atoms with Crippen LogP contribution in [0.5, 0.6) is 0 Å². The molecule has 1 atom stereocenters. The lowest BCUT2D eigenvalue weighted by Gasteiger charge is -2.30. The summed E-state index contributed by atoms with van der Waals surface area (Å²) >= 11 is 1.50. The van der Waals surface area contributed by atoms with Gasteiger partial charge in [0.05, 0.1) is 27.0 Å². The zero-order chi connectivity index (χ0) is 29.8. The van der Waals surface area contributed by atoms with E-state index >= 15 is 0 Å². The molecule has 1 aromatic heterocycles. The van der Waals surface area contributed by atoms with E-state index in [1.54, 1.807) is 52.9 Å². The number of hydrogen-bond donors (Lipinski definition) is 4. The smallest absolute Gasteiger partial charge is 0.411 e. The number of sulfonamides is 1. The monoisotopic (exact) mass is 608 g/mol. The van der Waals surface area contributed by atoms with Crippen molar-refractivity contribution in [2.24, 2.45) is 0 Å². The zero-order valence-corrected chi connectivity index (χ0v) is 26.2. The maximum Gasteiger partial charge on any atom is 0.411 e. The number of carbonyl (C=O) groups is 1. The molecular formula is C29H44N4O6S2. The number of carbonyl (C=O) groups excluding carboxylic acids is 1. The third-order valence-corrected chi connectivity index (χ3v) is 10.2. The van der Waals surface area contributed by atoms with Crippen molar-refractivity contribution in [3.05, 3.63) is 29.4 Å². The first kappa shape index (κ1) is 31.8. The molecule has 0 radical (unpaired) electrons. The Kier molecular flexibility index (Phi) is 10.5. The van der Waals surface area contributed by atoms with Crippen LogP contribution in [0.2, 0.25) is 0 Å². The van der Waals surface area contributed by atoms with Gasteiger partial charge in [-0.15, -0.1) is 11.3 Å². The van der Waals surface area contributed by atoms with Crippen molar-refractivity contribution in [2.45, 2.75) is 127 Å². The van der Waals surface area contributed by atoms with Crippen molar-refractivity contribution in [1.29, 1.82) is 0 Å². The Labute approximate surface area is 247 Å². The lowest BCUT2D eigenvalue weighted by Crippen LogP contribution is -2.43. The number of aliphatic hydroxyl groups excluding tert-OH is 1. The Balaban J connectivity index is 1.47. The van der Waals surface area contributed by atoms with E-state index < -0.39 is 28.1 Å². The van der Waals surface area contributed by atoms with Gasteiger partial charge in [-0.3, -0.25) is 10.6 Å². The molecule has 1 amide bonds. The Morgan fingerprint density at radius 1 is 1.10 bits per heavy atom. The number of aromatic nitrogens is 1. The van der Waals surface area contributed by atoms with Crippen molar-refractivity contribution >= 4 is 33.1 Å². The first-order chi connectivity index (χ1) is 19.3. The molecule has 41 heavy (non-hydrogen) atoms. The van der Waals surface area contributed by atoms with Gasteiger partial charge in [-0.1, -0.05) is 18.9 Å². The molecule has 1 unspecified atom stereocenters. The highest BCUT2D eigenvalue weighted by molar-refractivity contribution is 7.89. The van der Waals surface area contributed by atoms with Crippen LogP contribution in [0.3, 0.4) is 0 Å². The van der Waals surface area contributed by atoms with Crippen LogP contribution in [-0.2, 0) is 19.5 Å². The number of ether oxygens (including phenoxy) is 2. The van der Waals surface area contributed by atoms with Gasteiger partial charge in [-0.05, 0) is 85.3 Å². The fourth-order valence-corrected chi connectivity index (χ4v) is 8.26. The van der Waals surface area contributed by atoms with E-state index in [1.165, 1.54) is 17.4 Å². The number of benzene rings is 1. The van der Waals surface area contributed by atoms with Crippen molar-refractivity contribution in [3.8, 4) is 10.4 Å². The van der Waals surface area contributed by atoms with Gasteiger partial charge in [0, 0.05) is 34.9 Å². The maximum atomic E-state index is 13.5. The van der Waals surface area contributed by atoms with Crippen LogP contribution in [0.1, 0.15) is 96.9 Å². The van der Waals surface area contributed by atoms with Gasteiger partial charge in [-0.25, -0.2) is 22.9 Å². The van der Waals surface area contributed by atoms with Gasteiger partial charge in [0.15, 0.2) is 0 Å². The van der Waals surface area contributed by atoms with E-state index in [9.17, 15) is 18.3 Å². The average molecular weight is 609 g/mol. The van der Waals surface area contributed by atoms with Crippen molar-refractivity contribution in [1.82, 2.24) is 15.0 Å². The number of anilines is 1. The summed E-state index contributed by atoms with van der Waals surface area (Å²) in [6, 6.07) is 5.01. The zero-order valence-electron chi connectivity index (χ0n) is 24.6. The predicted molar refractivity (Wildman–Crippen MR) is 160 cm³/mol. The summed E-state index contributed by atoms with van der Waals surface area (Å²) in [5.41, 5.74) is 0.149. The maximum absolute atomic E-state index is 13.5. The molecular weight excluding hydrogens is 564 g/mol. The molecule has 12 heteroatoms. The summed E-state index contributed by atoms with van der Waals surface area (Å²) in [6.07, 6.45) is 7.95. The van der Waals surface area contributed by atoms with Crippen molar-refractivity contribution in [2.75, 3.05) is 5.32 Å². The number of nitrogens with zero attached hydrogens (tertiary/aromatic N) is 1. The Hall–Kier alpha value is -2.09. The van der Waals surface area contributed by atoms with Gasteiger partial charge in [0.25, 0.3) is 0 Å². The molecule has 2 saturated carbocycles. The first-order valence-electron chi connectivity index (χ1n) is 14.5. The summed E-state index contributed by atoms with van der Waals surface area (Å²) < 4.78 is 40.6. The van der Waals surface area contributed by atoms with Gasteiger partial charge in [0.1, 0.15) is 0 Å². The molecule has 2 aromatic rings. The van der Waals surface area contributed by atoms with Crippen molar-refractivity contribution in [3.63, 3.8) is 0 Å². The summed E-state index contributed by atoms with van der Waals surface area (Å²) in [4.78, 5) is 17.7. The van der Waals surface area contributed by atoms with Crippen LogP contribution >= 0.6 is 11.3 Å². The molecule has 2 fully saturated rings. The van der Waals surface area contributed by atoms with Gasteiger partial charge in [-0.2, -0.15) is 0 Å². The van der Waals surface area contributed by atoms with E-state index in [2.05, 4.69) is 15.4 Å². The van der Waals surface area contributed by atoms with Crippen LogP contribution in [0.4, 0.5) is 10.5 Å². The van der Waals surface area contributed by atoms with Crippen molar-refractivity contribution < 1.29 is 27.8 Å². The van der Waals surface area contributed by atoms with E-state index in [0.717, 1.165) is 61.3 Å². The van der Waals surface area contributed by atoms with E-state index in [0.29, 0.717) is 11.3 Å². The highest BCUT2D eigenvalue weighted by atomic mass is 32.2. The van der Waals surface area contributed by atoms with Gasteiger partial charge < -0.3 is 14.6 Å². The third-order valence-electron chi connectivity index (χ3n) is 7.17. The van der Waals surface area contributed by atoms with Crippen LogP contribution in [0.15, 0.2) is 29.3 Å². The number of aliphatic hydroxyl groups is 1. The van der Waals surface area contributed by atoms with Crippen LogP contribution in [-0.4, -0.2) is 54.8 Å². The lowest BCUT2D eigenvalue weighted by molar-refractivity contribution is -0.157. The van der Waals surface area contributed by atoms with E-state index in [-0.39, 0.29) is 29.1 Å². The number of rotatable bonds is 10. The number of nitrogens with one attached hydrogen (secondary N) is 3. The minimum Gasteiger partial charge on any atom is -0.447 e. The molecule has 0 spiro atoms. The molecule has 2 aliphatic rings. The first-order valence-corrected chi connectivity index (χ1v) is 16.8. The fraction of sp³-hybridized carbons (Fsp3) is 0.655. The molecule has 0 saturated heterocycles. The second-order valence-corrected chi connectivity index (χ2v) is 15.0. The summed E-state index contributed by atoms with van der Waals surface area (Å²) in [7, 11) is -3.93. The van der Waals surface area contributed by atoms with E-state index in [1.807, 2.05) is 0 Å². The van der Waals surface area contributed by atoms with Gasteiger partial charge >= 0.3 is 6.09 Å². The molecule has 0 bridgehead atoms. The Bertz CT molecular complexity index is 1280. The predicted octanol–water partition coefficient (Wildman–Crippen LogP) is 5.69. The molecule has 228 valence electrons. The Morgan fingerprint density at radius 2 is 1.78 bits per heavy atom. The minimum atomic E-state index is -3.93. The second kappa shape index (κ2) is 13.5. The SMILES string of the molecule is CC(C)OC(=O)Nc1ccc(-c2cnc(C3CCC(NC(O)OC4CCCC4)CC3)s2)c(S(=O)(=O)NC(C)(C)C)c1. The average Bonchev–Trinajstić information content (AvgIpc) is 3.55. The molecule has 1 heterocycles. The molecule has 2 aliphatic carbocycles. The Morgan fingerprint density at radius 3 is 2.41 bits per heavy atom. The normalized spacial score (nSPS) is 21.2. The summed E-state index contributed by atoms with van der Waals surface area (Å²) in [5, 5.41) is 17.1. The molecule has 0 aliphatic heterocycles. The molecule has 10 nitrogen and oxygen atoms in total. The summed E-state index contributed by atoms with van der Waals surface area (Å²) in [6.45, 7) is 8.82. The van der Waals surface area contributed by atoms with Gasteiger partial charge in [0.2, 0.25) is 16.4 Å². The molecule has 4 N–H and O–H groups in total. The van der Waals surface area contributed by atoms with E-state index in [4.69, 9.17) is 14.5 Å². The third kappa shape index (κ3) is 9.20. The van der Waals surface area contributed by atoms with Crippen LogP contribution in [0.25, 0.3) is 10.4 Å². The topological polar surface area (TPSA) is 139 Å². The number of hydrogen-bond acceptors (Lipinski definition) is 9. The molecule has 1 aromatic carbocycles. The standard InChI is InChI=1S/C29H44N4O6S2/c1-18(2)38-27(34)32-21-14-15-23(25(16-21)41(36,37)33-29(3,4)5)24-17-30-26(40-24)19-10-12-20(13-11-19)31-28(35)39-22-8-6-7-9-22/h14-20,22,28,31,33,35H,6-13H2,1-5H3,(H,32,34). The summed E-state index contributed by atoms with van der Waals surface area (Å²) in [5.74, 6) is 0.263. The number of amides is 1. The minimum absolute atomic E-state index is 0.0640. The van der Waals surface area contributed by atoms with Crippen LogP contribution in [0, 0.1) is 0 Å². The largest absolute Gasteiger partial charge is 0.447 e. The number of thiazole rings is 1. The molecule has 4 rings (SSSR count). The highest BCUT2D eigenvalue weighted by Crippen LogP contribution is 2.40. The lowest BCUT2D eigenvalue weighted by atomic mass is 9.86. The van der Waals surface area contributed by atoms with Crippen LogP contribution < -0.4 is 15.4 Å². The quantitative estimate of drug-likeness (QED) is 0.252. The highest BCUT2D eigenvalue weighted by Gasteiger charge is 2.29. The fourth-order valence-electron chi connectivity index (χ4n) is 5.40.